The molecule has 0 spiro atoms. The van der Waals surface area contributed by atoms with Crippen molar-refractivity contribution in [1.29, 1.82) is 0 Å². The van der Waals surface area contributed by atoms with Gasteiger partial charge in [0.05, 0.1) is 0 Å². The molecule has 1 atom stereocenters. The van der Waals surface area contributed by atoms with Crippen molar-refractivity contribution >= 4 is 24.0 Å². The number of ether oxygens (including phenoxy) is 1. The quantitative estimate of drug-likeness (QED) is 0.623. The normalized spacial score (nSPS) is 16.1. The molecule has 0 radical (unpaired) electrons. The molecule has 2 N–H and O–H groups in total. The van der Waals surface area contributed by atoms with E-state index >= 15 is 0 Å². The van der Waals surface area contributed by atoms with Crippen LogP contribution in [0.4, 0.5) is 9.18 Å². The Morgan fingerprint density at radius 2 is 1.81 bits per heavy atom. The molecular formula is C19H23FN2O4. The first-order valence-electron chi connectivity index (χ1n) is 8.69. The number of imide groups is 1. The SMILES string of the molecule is C[C@@H](OC(=O)/C=C/c1ccc(F)cc1)C(=O)NC(=O)NC1CCCCC1. The van der Waals surface area contributed by atoms with Crippen LogP contribution in [0.25, 0.3) is 6.08 Å². The first kappa shape index (κ1) is 19.6. The number of halogens is 1. The van der Waals surface area contributed by atoms with Crippen molar-refractivity contribution in [1.82, 2.24) is 10.6 Å². The Morgan fingerprint density at radius 1 is 1.15 bits per heavy atom. The van der Waals surface area contributed by atoms with Gasteiger partial charge in [-0.15, -0.1) is 0 Å². The lowest BCUT2D eigenvalue weighted by molar-refractivity contribution is -0.149. The van der Waals surface area contributed by atoms with Crippen molar-refractivity contribution in [3.05, 3.63) is 41.7 Å². The fraction of sp³-hybridized carbons (Fsp3) is 0.421. The van der Waals surface area contributed by atoms with Gasteiger partial charge in [-0.2, -0.15) is 0 Å². The molecule has 3 amide bonds. The van der Waals surface area contributed by atoms with Gasteiger partial charge >= 0.3 is 12.0 Å². The van der Waals surface area contributed by atoms with Crippen LogP contribution in [0.15, 0.2) is 30.3 Å². The molecule has 2 rings (SSSR count). The number of benzene rings is 1. The average molecular weight is 362 g/mol. The second-order valence-corrected chi connectivity index (χ2v) is 6.26. The largest absolute Gasteiger partial charge is 0.449 e. The van der Waals surface area contributed by atoms with Crippen LogP contribution in [-0.2, 0) is 14.3 Å². The van der Waals surface area contributed by atoms with Crippen LogP contribution >= 0.6 is 0 Å². The summed E-state index contributed by atoms with van der Waals surface area (Å²) in [6.07, 6.45) is 6.57. The minimum Gasteiger partial charge on any atom is -0.449 e. The molecule has 1 saturated carbocycles. The van der Waals surface area contributed by atoms with E-state index in [2.05, 4.69) is 10.6 Å². The molecule has 1 fully saturated rings. The van der Waals surface area contributed by atoms with Gasteiger partial charge in [-0.1, -0.05) is 31.4 Å². The topological polar surface area (TPSA) is 84.5 Å². The Morgan fingerprint density at radius 3 is 2.46 bits per heavy atom. The molecule has 140 valence electrons. The number of hydrogen-bond acceptors (Lipinski definition) is 4. The number of rotatable bonds is 5. The highest BCUT2D eigenvalue weighted by Crippen LogP contribution is 2.17. The van der Waals surface area contributed by atoms with Crippen LogP contribution in [0.2, 0.25) is 0 Å². The standard InChI is InChI=1S/C19H23FN2O4/c1-13(18(24)22-19(25)21-16-5-3-2-4-6-16)26-17(23)12-9-14-7-10-15(20)11-8-14/h7-13,16H,2-6H2,1H3,(H2,21,22,24,25)/b12-9+/t13-/m1/s1. The third-order valence-corrected chi connectivity index (χ3v) is 4.12. The zero-order chi connectivity index (χ0) is 18.9. The molecule has 0 aliphatic heterocycles. The van der Waals surface area contributed by atoms with Gasteiger partial charge in [-0.25, -0.2) is 14.0 Å². The van der Waals surface area contributed by atoms with Gasteiger partial charge in [0, 0.05) is 12.1 Å². The van der Waals surface area contributed by atoms with Crippen molar-refractivity contribution < 1.29 is 23.5 Å². The van der Waals surface area contributed by atoms with Crippen LogP contribution in [0.5, 0.6) is 0 Å². The van der Waals surface area contributed by atoms with Gasteiger partial charge < -0.3 is 10.1 Å². The Hall–Kier alpha value is -2.70. The number of carbonyl (C=O) groups excluding carboxylic acids is 3. The second-order valence-electron chi connectivity index (χ2n) is 6.26. The average Bonchev–Trinajstić information content (AvgIpc) is 2.62. The number of esters is 1. The zero-order valence-corrected chi connectivity index (χ0v) is 14.7. The molecule has 0 bridgehead atoms. The van der Waals surface area contributed by atoms with Crippen LogP contribution in [0.1, 0.15) is 44.6 Å². The Kier molecular flexibility index (Phi) is 7.32. The molecule has 1 aromatic rings. The smallest absolute Gasteiger partial charge is 0.331 e. The van der Waals surface area contributed by atoms with E-state index in [-0.39, 0.29) is 11.9 Å². The first-order chi connectivity index (χ1) is 12.4. The van der Waals surface area contributed by atoms with Crippen molar-refractivity contribution in [3.8, 4) is 0 Å². The van der Waals surface area contributed by atoms with E-state index in [4.69, 9.17) is 4.74 Å². The summed E-state index contributed by atoms with van der Waals surface area (Å²) in [5, 5.41) is 4.93. The maximum absolute atomic E-state index is 12.8. The lowest BCUT2D eigenvalue weighted by Crippen LogP contribution is -2.48. The Labute approximate surface area is 151 Å². The highest BCUT2D eigenvalue weighted by molar-refractivity contribution is 5.98. The second kappa shape index (κ2) is 9.70. The third-order valence-electron chi connectivity index (χ3n) is 4.12. The Balaban J connectivity index is 1.75. The van der Waals surface area contributed by atoms with Crippen molar-refractivity contribution in [2.24, 2.45) is 0 Å². The highest BCUT2D eigenvalue weighted by atomic mass is 19.1. The van der Waals surface area contributed by atoms with E-state index < -0.39 is 24.0 Å². The first-order valence-corrected chi connectivity index (χ1v) is 8.69. The minimum atomic E-state index is -1.11. The third kappa shape index (κ3) is 6.66. The van der Waals surface area contributed by atoms with Gasteiger partial charge in [-0.05, 0) is 43.5 Å². The van der Waals surface area contributed by atoms with Crippen molar-refractivity contribution in [2.75, 3.05) is 0 Å². The molecule has 7 heteroatoms. The molecule has 0 heterocycles. The van der Waals surface area contributed by atoms with E-state index in [1.165, 1.54) is 37.3 Å². The van der Waals surface area contributed by atoms with E-state index in [9.17, 15) is 18.8 Å². The number of nitrogens with one attached hydrogen (secondary N) is 2. The van der Waals surface area contributed by atoms with E-state index in [0.29, 0.717) is 5.56 Å². The summed E-state index contributed by atoms with van der Waals surface area (Å²) in [6, 6.07) is 5.05. The predicted octanol–water partition coefficient (Wildman–Crippen LogP) is 2.93. The van der Waals surface area contributed by atoms with Crippen LogP contribution < -0.4 is 10.6 Å². The lowest BCUT2D eigenvalue weighted by atomic mass is 9.96. The molecule has 0 saturated heterocycles. The zero-order valence-electron chi connectivity index (χ0n) is 14.7. The van der Waals surface area contributed by atoms with E-state index in [0.717, 1.165) is 38.2 Å². The number of amides is 3. The number of urea groups is 1. The predicted molar refractivity (Wildman–Crippen MR) is 94.5 cm³/mol. The van der Waals surface area contributed by atoms with Crippen molar-refractivity contribution in [3.63, 3.8) is 0 Å². The highest BCUT2D eigenvalue weighted by Gasteiger charge is 2.21. The molecule has 1 aromatic carbocycles. The van der Waals surface area contributed by atoms with Crippen LogP contribution in [-0.4, -0.2) is 30.1 Å². The van der Waals surface area contributed by atoms with Crippen LogP contribution in [0, 0.1) is 5.82 Å². The summed E-state index contributed by atoms with van der Waals surface area (Å²) in [6.45, 7) is 1.38. The molecule has 0 aromatic heterocycles. The summed E-state index contributed by atoms with van der Waals surface area (Å²) in [5.41, 5.74) is 0.618. The van der Waals surface area contributed by atoms with Gasteiger partial charge in [0.1, 0.15) is 5.82 Å². The summed E-state index contributed by atoms with van der Waals surface area (Å²) < 4.78 is 17.8. The maximum Gasteiger partial charge on any atom is 0.331 e. The molecule has 1 aliphatic rings. The van der Waals surface area contributed by atoms with E-state index in [1.54, 1.807) is 0 Å². The summed E-state index contributed by atoms with van der Waals surface area (Å²) in [4.78, 5) is 35.5. The molecule has 6 nitrogen and oxygen atoms in total. The minimum absolute atomic E-state index is 0.0769. The van der Waals surface area contributed by atoms with Crippen LogP contribution in [0.3, 0.4) is 0 Å². The lowest BCUT2D eigenvalue weighted by Gasteiger charge is -2.23. The van der Waals surface area contributed by atoms with E-state index in [1.807, 2.05) is 0 Å². The fourth-order valence-corrected chi connectivity index (χ4v) is 2.69. The maximum atomic E-state index is 12.8. The monoisotopic (exact) mass is 362 g/mol. The van der Waals surface area contributed by atoms with Gasteiger partial charge in [0.25, 0.3) is 5.91 Å². The fourth-order valence-electron chi connectivity index (χ4n) is 2.69. The van der Waals surface area contributed by atoms with Gasteiger partial charge in [0.2, 0.25) is 0 Å². The Bertz CT molecular complexity index is 667. The van der Waals surface area contributed by atoms with Gasteiger partial charge in [0.15, 0.2) is 6.10 Å². The molecule has 1 aliphatic carbocycles. The van der Waals surface area contributed by atoms with Gasteiger partial charge in [-0.3, -0.25) is 10.1 Å². The number of hydrogen-bond donors (Lipinski definition) is 2. The summed E-state index contributed by atoms with van der Waals surface area (Å²) in [5.74, 6) is -1.80. The summed E-state index contributed by atoms with van der Waals surface area (Å²) in [7, 11) is 0. The number of carbonyl (C=O) groups is 3. The molecule has 0 unspecified atom stereocenters. The summed E-state index contributed by atoms with van der Waals surface area (Å²) >= 11 is 0. The molecular weight excluding hydrogens is 339 g/mol. The molecule has 26 heavy (non-hydrogen) atoms. The van der Waals surface area contributed by atoms with Crippen molar-refractivity contribution in [2.45, 2.75) is 51.2 Å².